The molecule has 0 aromatic heterocycles. The summed E-state index contributed by atoms with van der Waals surface area (Å²) >= 11 is 5.96. The quantitative estimate of drug-likeness (QED) is 0.0269. The molecule has 1 saturated heterocycles. The van der Waals surface area contributed by atoms with Crippen molar-refractivity contribution in [2.24, 2.45) is 11.8 Å². The van der Waals surface area contributed by atoms with Crippen LogP contribution in [0.1, 0.15) is 293 Å². The minimum absolute atomic E-state index is 0.00788. The fourth-order valence-corrected chi connectivity index (χ4v) is 10.5. The van der Waals surface area contributed by atoms with E-state index in [0.717, 1.165) is 38.5 Å². The molecule has 12 heteroatoms. The van der Waals surface area contributed by atoms with Crippen molar-refractivity contribution >= 4 is 41.1 Å². The number of thiocarbonyl (C=S) groups is 1. The standard InChI is InChI=1S/C60H111NO10S/c1-9-11-13-15-17-19-21-23-24-25-26-27-28-29-30-31-32-33-35-37-39-41-43-45-57(72)61-54(46-67-60-49(4)48(3)58(69-52(7)64)56(71-60)47-66-50(5)62)59(70-53(8)65)55(68-51(6)63)44-42-40-38-36-34-22-20-18-16-14-12-10-2/h48-49,54-56,58-60H,9-47H2,1-8H3,(H,61,72)/t48?,49?,54-,55+,56?,58?,59-,60?/m0/s1. The summed E-state index contributed by atoms with van der Waals surface area (Å²) in [5.41, 5.74) is 0. The summed E-state index contributed by atoms with van der Waals surface area (Å²) < 4.78 is 35.9. The van der Waals surface area contributed by atoms with E-state index in [1.165, 1.54) is 214 Å². The average Bonchev–Trinajstić information content (AvgIpc) is 3.33. The Bertz CT molecular complexity index is 1370. The maximum Gasteiger partial charge on any atom is 0.303 e. The lowest BCUT2D eigenvalue weighted by Gasteiger charge is -2.44. The van der Waals surface area contributed by atoms with E-state index in [9.17, 15) is 19.2 Å². The number of nitrogens with one attached hydrogen (secondary N) is 1. The van der Waals surface area contributed by atoms with Crippen LogP contribution in [0.15, 0.2) is 0 Å². The number of rotatable bonds is 48. The molecule has 0 saturated carbocycles. The van der Waals surface area contributed by atoms with Gasteiger partial charge in [0.25, 0.3) is 0 Å². The van der Waals surface area contributed by atoms with Gasteiger partial charge in [-0.15, -0.1) is 0 Å². The summed E-state index contributed by atoms with van der Waals surface area (Å²) in [7, 11) is 0. The van der Waals surface area contributed by atoms with Crippen LogP contribution >= 0.6 is 12.2 Å². The van der Waals surface area contributed by atoms with E-state index in [1.54, 1.807) is 0 Å². The number of ether oxygens (including phenoxy) is 6. The van der Waals surface area contributed by atoms with E-state index in [2.05, 4.69) is 19.2 Å². The molecular weight excluding hydrogens is 927 g/mol. The Balaban J connectivity index is 2.76. The van der Waals surface area contributed by atoms with Gasteiger partial charge in [-0.05, 0) is 25.7 Å². The lowest BCUT2D eigenvalue weighted by Crippen LogP contribution is -2.56. The highest BCUT2D eigenvalue weighted by Crippen LogP contribution is 2.34. The van der Waals surface area contributed by atoms with Gasteiger partial charge >= 0.3 is 23.9 Å². The number of carbonyl (C=O) groups excluding carboxylic acids is 4. The summed E-state index contributed by atoms with van der Waals surface area (Å²) in [6, 6.07) is -0.670. The van der Waals surface area contributed by atoms with Crippen LogP contribution in [0.25, 0.3) is 0 Å². The lowest BCUT2D eigenvalue weighted by atomic mass is 9.84. The highest BCUT2D eigenvalue weighted by Gasteiger charge is 2.45. The predicted octanol–water partition coefficient (Wildman–Crippen LogP) is 16.1. The fraction of sp³-hybridized carbons (Fsp3) is 0.917. The summed E-state index contributed by atoms with van der Waals surface area (Å²) in [5, 5.41) is 3.48. The first-order chi connectivity index (χ1) is 34.8. The smallest absolute Gasteiger partial charge is 0.303 e. The Labute approximate surface area is 447 Å². The Morgan fingerprint density at radius 1 is 0.500 bits per heavy atom. The number of carbonyl (C=O) groups is 4. The van der Waals surface area contributed by atoms with Gasteiger partial charge in [0, 0.05) is 39.5 Å². The third-order valence-corrected chi connectivity index (χ3v) is 15.0. The van der Waals surface area contributed by atoms with E-state index >= 15 is 0 Å². The van der Waals surface area contributed by atoms with Crippen molar-refractivity contribution in [2.45, 2.75) is 330 Å². The molecule has 11 nitrogen and oxygen atoms in total. The zero-order valence-electron chi connectivity index (χ0n) is 47.7. The van der Waals surface area contributed by atoms with Crippen molar-refractivity contribution < 1.29 is 47.6 Å². The molecule has 0 radical (unpaired) electrons. The van der Waals surface area contributed by atoms with Crippen LogP contribution in [0.4, 0.5) is 0 Å². The van der Waals surface area contributed by atoms with Gasteiger partial charge in [-0.2, -0.15) is 0 Å². The highest BCUT2D eigenvalue weighted by molar-refractivity contribution is 7.80. The molecule has 1 aliphatic rings. The molecule has 422 valence electrons. The van der Waals surface area contributed by atoms with Crippen LogP contribution in [-0.2, 0) is 47.6 Å². The van der Waals surface area contributed by atoms with E-state index in [4.69, 9.17) is 40.6 Å². The van der Waals surface area contributed by atoms with E-state index in [-0.39, 0.29) is 25.0 Å². The van der Waals surface area contributed by atoms with E-state index < -0.39 is 60.6 Å². The van der Waals surface area contributed by atoms with Crippen LogP contribution < -0.4 is 5.32 Å². The number of hydrogen-bond acceptors (Lipinski definition) is 11. The summed E-state index contributed by atoms with van der Waals surface area (Å²) in [6.07, 6.45) is 42.5. The van der Waals surface area contributed by atoms with Gasteiger partial charge < -0.3 is 33.7 Å². The number of unbranched alkanes of at least 4 members (excludes halogenated alkanes) is 33. The molecule has 1 aliphatic heterocycles. The minimum atomic E-state index is -0.895. The summed E-state index contributed by atoms with van der Waals surface area (Å²) in [5.74, 6) is -2.32. The maximum absolute atomic E-state index is 12.8. The molecule has 5 unspecified atom stereocenters. The third kappa shape index (κ3) is 36.6. The molecule has 0 aromatic rings. The van der Waals surface area contributed by atoms with Crippen molar-refractivity contribution in [3.8, 4) is 0 Å². The average molecular weight is 1040 g/mol. The van der Waals surface area contributed by atoms with Crippen molar-refractivity contribution in [2.75, 3.05) is 13.2 Å². The Hall–Kier alpha value is -2.31. The second-order valence-electron chi connectivity index (χ2n) is 21.6. The topological polar surface area (TPSA) is 136 Å². The Kier molecular flexibility index (Phi) is 43.3. The lowest BCUT2D eigenvalue weighted by molar-refractivity contribution is -0.276. The zero-order valence-corrected chi connectivity index (χ0v) is 48.5. The maximum atomic E-state index is 12.8. The SMILES string of the molecule is CCCCCCCCCCCCCCCCCCCCCCCCCC(=S)N[C@@H](COC1OC(COC(C)=O)C(OC(C)=O)C(C)C1C)[C@H](OC(C)=O)[C@@H](CCCCCCCCCCCCCC)OC(C)=O. The van der Waals surface area contributed by atoms with Gasteiger partial charge in [0.1, 0.15) is 24.9 Å². The Morgan fingerprint density at radius 3 is 1.26 bits per heavy atom. The molecule has 0 amide bonds. The van der Waals surface area contributed by atoms with Gasteiger partial charge in [0.05, 0.1) is 17.6 Å². The molecule has 0 aromatic carbocycles. The Morgan fingerprint density at radius 2 is 0.889 bits per heavy atom. The van der Waals surface area contributed by atoms with Crippen molar-refractivity contribution in [1.29, 1.82) is 0 Å². The van der Waals surface area contributed by atoms with Crippen molar-refractivity contribution in [3.63, 3.8) is 0 Å². The summed E-state index contributed by atoms with van der Waals surface area (Å²) in [6.45, 7) is 13.8. The van der Waals surface area contributed by atoms with Gasteiger partial charge in [0.15, 0.2) is 12.4 Å². The molecule has 8 atom stereocenters. The monoisotopic (exact) mass is 1040 g/mol. The zero-order chi connectivity index (χ0) is 53.0. The fourth-order valence-electron chi connectivity index (χ4n) is 10.2. The van der Waals surface area contributed by atoms with Crippen LogP contribution in [0.3, 0.4) is 0 Å². The second kappa shape index (κ2) is 46.0. The molecule has 72 heavy (non-hydrogen) atoms. The predicted molar refractivity (Wildman–Crippen MR) is 298 cm³/mol. The van der Waals surface area contributed by atoms with E-state index in [1.807, 2.05) is 13.8 Å². The molecule has 0 bridgehead atoms. The minimum Gasteiger partial charge on any atom is -0.463 e. The number of esters is 4. The first kappa shape index (κ1) is 67.7. The van der Waals surface area contributed by atoms with Crippen molar-refractivity contribution in [3.05, 3.63) is 0 Å². The van der Waals surface area contributed by atoms with Gasteiger partial charge in [-0.1, -0.05) is 252 Å². The molecule has 1 rings (SSSR count). The molecule has 1 fully saturated rings. The normalized spacial score (nSPS) is 19.0. The largest absolute Gasteiger partial charge is 0.463 e. The van der Waals surface area contributed by atoms with E-state index in [0.29, 0.717) is 17.8 Å². The summed E-state index contributed by atoms with van der Waals surface area (Å²) in [4.78, 5) is 50.0. The van der Waals surface area contributed by atoms with Crippen LogP contribution in [0.5, 0.6) is 0 Å². The first-order valence-electron chi connectivity index (χ1n) is 30.0. The third-order valence-electron chi connectivity index (χ3n) is 14.7. The van der Waals surface area contributed by atoms with Gasteiger partial charge in [-0.3, -0.25) is 19.2 Å². The number of hydrogen-bond donors (Lipinski definition) is 1. The van der Waals surface area contributed by atoms with Gasteiger partial charge in [0.2, 0.25) is 0 Å². The molecule has 1 N–H and O–H groups in total. The molecule has 1 heterocycles. The van der Waals surface area contributed by atoms with Crippen molar-refractivity contribution in [1.82, 2.24) is 5.32 Å². The highest BCUT2D eigenvalue weighted by atomic mass is 32.1. The van der Waals surface area contributed by atoms with Crippen LogP contribution in [-0.4, -0.2) is 78.8 Å². The first-order valence-corrected chi connectivity index (χ1v) is 30.4. The van der Waals surface area contributed by atoms with Gasteiger partial charge in [-0.25, -0.2) is 0 Å². The molecular formula is C60H111NO10S. The van der Waals surface area contributed by atoms with Crippen LogP contribution in [0.2, 0.25) is 0 Å². The molecule has 0 aliphatic carbocycles. The second-order valence-corrected chi connectivity index (χ2v) is 22.1. The van der Waals surface area contributed by atoms with Crippen LogP contribution in [0, 0.1) is 11.8 Å². The molecule has 0 spiro atoms.